The van der Waals surface area contributed by atoms with Crippen LogP contribution in [0.2, 0.25) is 0 Å². The normalized spacial score (nSPS) is 12.2. The summed E-state index contributed by atoms with van der Waals surface area (Å²) in [5, 5.41) is 4.94. The second kappa shape index (κ2) is 12.7. The van der Waals surface area contributed by atoms with Gasteiger partial charge in [0.1, 0.15) is 18.7 Å². The molecule has 0 aliphatic heterocycles. The monoisotopic (exact) mass is 441 g/mol. The minimum atomic E-state index is -1.28. The zero-order valence-electron chi connectivity index (χ0n) is 17.8. The van der Waals surface area contributed by atoms with Crippen LogP contribution in [0.5, 0.6) is 0 Å². The lowest BCUT2D eigenvalue weighted by Gasteiger charge is -2.21. The number of primary amides is 1. The fraction of sp³-hybridized carbons (Fsp3) is 0.304. The van der Waals surface area contributed by atoms with Crippen molar-refractivity contribution in [3.8, 4) is 0 Å². The molecule has 0 unspecified atom stereocenters. The molecule has 0 bridgehead atoms. The Morgan fingerprint density at radius 1 is 0.844 bits per heavy atom. The van der Waals surface area contributed by atoms with Gasteiger partial charge in [-0.3, -0.25) is 14.4 Å². The van der Waals surface area contributed by atoms with E-state index in [2.05, 4.69) is 10.6 Å². The van der Waals surface area contributed by atoms with Gasteiger partial charge in [0, 0.05) is 6.42 Å². The summed E-state index contributed by atoms with van der Waals surface area (Å²) in [6.07, 6.45) is -1.07. The molecular formula is C23H27N3O6. The van der Waals surface area contributed by atoms with Gasteiger partial charge in [-0.1, -0.05) is 60.7 Å². The van der Waals surface area contributed by atoms with Crippen LogP contribution in [0.15, 0.2) is 60.7 Å². The lowest BCUT2D eigenvalue weighted by molar-refractivity contribution is -0.145. The minimum absolute atomic E-state index is 0.0269. The summed E-state index contributed by atoms with van der Waals surface area (Å²) >= 11 is 0. The summed E-state index contributed by atoms with van der Waals surface area (Å²) in [6.45, 7) is 1.78. The molecule has 2 rings (SSSR count). The Balaban J connectivity index is 2.06. The minimum Gasteiger partial charge on any atom is -0.466 e. The molecule has 3 amide bonds. The highest BCUT2D eigenvalue weighted by Crippen LogP contribution is 2.06. The first-order chi connectivity index (χ1) is 15.4. The number of ether oxygens (including phenoxy) is 2. The molecule has 0 spiro atoms. The van der Waals surface area contributed by atoms with E-state index in [-0.39, 0.29) is 19.6 Å². The van der Waals surface area contributed by atoms with Crippen LogP contribution in [0, 0.1) is 0 Å². The average molecular weight is 441 g/mol. The molecule has 170 valence electrons. The number of carbonyl (C=O) groups excluding carboxylic acids is 4. The van der Waals surface area contributed by atoms with Gasteiger partial charge in [0.25, 0.3) is 0 Å². The first-order valence-electron chi connectivity index (χ1n) is 10.2. The number of esters is 1. The smallest absolute Gasteiger partial charge is 0.408 e. The molecule has 0 aromatic heterocycles. The Hall–Kier alpha value is -3.88. The number of alkyl carbamates (subject to hydrolysis) is 1. The SMILES string of the molecule is CCOC(=O)C[C@H](NC(=O)[C@H](Cc1ccccc1)NC(=O)OCc1ccccc1)C(N)=O. The van der Waals surface area contributed by atoms with Crippen molar-refractivity contribution in [2.45, 2.75) is 38.5 Å². The van der Waals surface area contributed by atoms with E-state index in [1.54, 1.807) is 43.3 Å². The van der Waals surface area contributed by atoms with Gasteiger partial charge < -0.3 is 25.8 Å². The Morgan fingerprint density at radius 2 is 1.44 bits per heavy atom. The number of carbonyl (C=O) groups is 4. The molecular weight excluding hydrogens is 414 g/mol. The number of amides is 3. The van der Waals surface area contributed by atoms with Crippen molar-refractivity contribution in [1.82, 2.24) is 10.6 Å². The average Bonchev–Trinajstić information content (AvgIpc) is 2.78. The van der Waals surface area contributed by atoms with Crippen LogP contribution in [0.4, 0.5) is 4.79 Å². The molecule has 0 radical (unpaired) electrons. The number of hydrogen-bond donors (Lipinski definition) is 3. The number of rotatable bonds is 11. The standard InChI is InChI=1S/C23H27N3O6/c1-2-31-20(27)14-18(21(24)28)25-22(29)19(13-16-9-5-3-6-10-16)26-23(30)32-15-17-11-7-4-8-12-17/h3-12,18-19H,2,13-15H2,1H3,(H2,24,28)(H,25,29)(H,26,30)/t18-,19-/m0/s1. The van der Waals surface area contributed by atoms with Crippen LogP contribution >= 0.6 is 0 Å². The van der Waals surface area contributed by atoms with E-state index < -0.39 is 42.4 Å². The van der Waals surface area contributed by atoms with Crippen LogP contribution in [-0.2, 0) is 36.9 Å². The van der Waals surface area contributed by atoms with Gasteiger partial charge >= 0.3 is 12.1 Å². The lowest BCUT2D eigenvalue weighted by atomic mass is 10.0. The summed E-state index contributed by atoms with van der Waals surface area (Å²) in [4.78, 5) is 48.6. The number of nitrogens with two attached hydrogens (primary N) is 1. The van der Waals surface area contributed by atoms with Crippen LogP contribution in [0.25, 0.3) is 0 Å². The van der Waals surface area contributed by atoms with E-state index in [9.17, 15) is 19.2 Å². The molecule has 0 aliphatic rings. The molecule has 2 atom stereocenters. The van der Waals surface area contributed by atoms with Crippen LogP contribution in [-0.4, -0.2) is 42.6 Å². The Bertz CT molecular complexity index is 904. The Labute approximate surface area is 186 Å². The van der Waals surface area contributed by atoms with E-state index in [1.807, 2.05) is 24.3 Å². The molecule has 0 saturated heterocycles. The van der Waals surface area contributed by atoms with Gasteiger partial charge in [-0.15, -0.1) is 0 Å². The van der Waals surface area contributed by atoms with Gasteiger partial charge in [0.05, 0.1) is 13.0 Å². The van der Waals surface area contributed by atoms with Crippen molar-refractivity contribution in [3.63, 3.8) is 0 Å². The van der Waals surface area contributed by atoms with Crippen molar-refractivity contribution in [2.24, 2.45) is 5.73 Å². The maximum absolute atomic E-state index is 12.9. The molecule has 0 fully saturated rings. The molecule has 32 heavy (non-hydrogen) atoms. The van der Waals surface area contributed by atoms with Crippen molar-refractivity contribution < 1.29 is 28.7 Å². The van der Waals surface area contributed by atoms with Gasteiger partial charge in [-0.05, 0) is 18.1 Å². The lowest BCUT2D eigenvalue weighted by Crippen LogP contribution is -2.54. The summed E-state index contributed by atoms with van der Waals surface area (Å²) in [7, 11) is 0. The predicted molar refractivity (Wildman–Crippen MR) is 116 cm³/mol. The fourth-order valence-electron chi connectivity index (χ4n) is 2.85. The van der Waals surface area contributed by atoms with E-state index in [4.69, 9.17) is 15.2 Å². The molecule has 9 nitrogen and oxygen atoms in total. The van der Waals surface area contributed by atoms with Gasteiger partial charge in [-0.25, -0.2) is 4.79 Å². The maximum atomic E-state index is 12.9. The number of benzene rings is 2. The molecule has 0 aliphatic carbocycles. The fourth-order valence-corrected chi connectivity index (χ4v) is 2.85. The highest BCUT2D eigenvalue weighted by Gasteiger charge is 2.28. The summed E-state index contributed by atoms with van der Waals surface area (Å²) < 4.78 is 10.0. The van der Waals surface area contributed by atoms with E-state index in [1.165, 1.54) is 0 Å². The Kier molecular flexibility index (Phi) is 9.70. The number of nitrogens with one attached hydrogen (secondary N) is 2. The molecule has 4 N–H and O–H groups in total. The molecule has 2 aromatic rings. The first kappa shape index (κ1) is 24.4. The van der Waals surface area contributed by atoms with Crippen molar-refractivity contribution in [3.05, 3.63) is 71.8 Å². The van der Waals surface area contributed by atoms with Gasteiger partial charge in [0.15, 0.2) is 0 Å². The van der Waals surface area contributed by atoms with Gasteiger partial charge in [-0.2, -0.15) is 0 Å². The molecule has 0 saturated carbocycles. The summed E-state index contributed by atoms with van der Waals surface area (Å²) in [5.41, 5.74) is 6.88. The topological polar surface area (TPSA) is 137 Å². The van der Waals surface area contributed by atoms with Crippen LogP contribution < -0.4 is 16.4 Å². The zero-order chi connectivity index (χ0) is 23.3. The largest absolute Gasteiger partial charge is 0.466 e. The third-order valence-electron chi connectivity index (χ3n) is 4.44. The highest BCUT2D eigenvalue weighted by molar-refractivity contribution is 5.93. The van der Waals surface area contributed by atoms with Gasteiger partial charge in [0.2, 0.25) is 11.8 Å². The maximum Gasteiger partial charge on any atom is 0.408 e. The molecule has 2 aromatic carbocycles. The van der Waals surface area contributed by atoms with Crippen LogP contribution in [0.3, 0.4) is 0 Å². The van der Waals surface area contributed by atoms with Crippen LogP contribution in [0.1, 0.15) is 24.5 Å². The second-order valence-electron chi connectivity index (χ2n) is 6.92. The van der Waals surface area contributed by atoms with Crippen molar-refractivity contribution in [2.75, 3.05) is 6.61 Å². The first-order valence-corrected chi connectivity index (χ1v) is 10.2. The molecule has 0 heterocycles. The highest BCUT2D eigenvalue weighted by atomic mass is 16.5. The van der Waals surface area contributed by atoms with E-state index in [0.717, 1.165) is 11.1 Å². The predicted octanol–water partition coefficient (Wildman–Crippen LogP) is 1.45. The summed E-state index contributed by atoms with van der Waals surface area (Å²) in [6, 6.07) is 15.7. The third-order valence-corrected chi connectivity index (χ3v) is 4.44. The quantitative estimate of drug-likeness (QED) is 0.452. The number of hydrogen-bond acceptors (Lipinski definition) is 6. The Morgan fingerprint density at radius 3 is 2.00 bits per heavy atom. The van der Waals surface area contributed by atoms with E-state index >= 15 is 0 Å². The van der Waals surface area contributed by atoms with Crippen molar-refractivity contribution >= 4 is 23.9 Å². The van der Waals surface area contributed by atoms with E-state index in [0.29, 0.717) is 0 Å². The summed E-state index contributed by atoms with van der Waals surface area (Å²) in [5.74, 6) is -2.25. The van der Waals surface area contributed by atoms with Crippen molar-refractivity contribution in [1.29, 1.82) is 0 Å². The zero-order valence-corrected chi connectivity index (χ0v) is 17.8. The second-order valence-corrected chi connectivity index (χ2v) is 6.92. The third kappa shape index (κ3) is 8.47. The molecule has 9 heteroatoms.